The third-order valence-corrected chi connectivity index (χ3v) is 5.75. The van der Waals surface area contributed by atoms with Crippen LogP contribution in [0.1, 0.15) is 58.3 Å². The molecule has 3 heterocycles. The van der Waals surface area contributed by atoms with Gasteiger partial charge in [0.2, 0.25) is 0 Å². The maximum Gasteiger partial charge on any atom is 0.410 e. The topological polar surface area (TPSA) is 76.6 Å². The molecule has 1 aromatic carbocycles. The van der Waals surface area contributed by atoms with E-state index in [-0.39, 0.29) is 18.2 Å². The number of fused-ring (bicyclic) bond motifs is 3. The number of hydrogen-bond acceptors (Lipinski definition) is 5. The Labute approximate surface area is 172 Å². The van der Waals surface area contributed by atoms with Crippen LogP contribution in [0.3, 0.4) is 0 Å². The van der Waals surface area contributed by atoms with E-state index in [4.69, 9.17) is 15.6 Å². The molecule has 0 radical (unpaired) electrons. The highest BCUT2D eigenvalue weighted by Gasteiger charge is 2.40. The van der Waals surface area contributed by atoms with E-state index >= 15 is 0 Å². The Hall–Kier alpha value is -2.70. The van der Waals surface area contributed by atoms with Crippen LogP contribution in [0.5, 0.6) is 0 Å². The number of ether oxygens (including phenoxy) is 1. The van der Waals surface area contributed by atoms with Gasteiger partial charge in [0.1, 0.15) is 5.60 Å². The van der Waals surface area contributed by atoms with Crippen molar-refractivity contribution in [2.45, 2.75) is 58.2 Å². The van der Waals surface area contributed by atoms with Gasteiger partial charge in [-0.15, -0.1) is 0 Å². The predicted octanol–water partition coefficient (Wildman–Crippen LogP) is 4.22. The Morgan fingerprint density at radius 1 is 1.28 bits per heavy atom. The molecular weight excluding hydrogens is 366 g/mol. The first-order valence-corrected chi connectivity index (χ1v) is 10.4. The molecule has 2 aromatic rings. The lowest BCUT2D eigenvalue weighted by Gasteiger charge is -2.43. The van der Waals surface area contributed by atoms with Gasteiger partial charge in [-0.1, -0.05) is 25.5 Å². The van der Waals surface area contributed by atoms with Crippen LogP contribution < -0.4 is 10.6 Å². The van der Waals surface area contributed by atoms with Crippen molar-refractivity contribution in [3.63, 3.8) is 0 Å². The van der Waals surface area contributed by atoms with Crippen molar-refractivity contribution in [1.82, 2.24) is 14.7 Å². The molecule has 1 saturated heterocycles. The number of anilines is 2. The van der Waals surface area contributed by atoms with Crippen LogP contribution in [0.4, 0.5) is 16.2 Å². The number of carbonyl (C=O) groups is 1. The molecule has 2 N–H and O–H groups in total. The molecule has 1 aromatic heterocycles. The summed E-state index contributed by atoms with van der Waals surface area (Å²) >= 11 is 0. The number of para-hydroxylation sites is 1. The molecule has 0 spiro atoms. The van der Waals surface area contributed by atoms with Gasteiger partial charge < -0.3 is 20.3 Å². The normalized spacial score (nSPS) is 18.9. The van der Waals surface area contributed by atoms with Crippen LogP contribution in [0.2, 0.25) is 0 Å². The molecule has 1 atom stereocenters. The number of likely N-dealkylation sites (tertiary alicyclic amines) is 1. The monoisotopic (exact) mass is 397 g/mol. The summed E-state index contributed by atoms with van der Waals surface area (Å²) in [5.41, 5.74) is 11.2. The van der Waals surface area contributed by atoms with E-state index in [1.54, 1.807) is 4.90 Å². The summed E-state index contributed by atoms with van der Waals surface area (Å²) in [6.07, 6.45) is 3.79. The van der Waals surface area contributed by atoms with Gasteiger partial charge in [0.05, 0.1) is 35.3 Å². The van der Waals surface area contributed by atoms with Crippen molar-refractivity contribution in [1.29, 1.82) is 0 Å². The molecule has 2 aliphatic rings. The summed E-state index contributed by atoms with van der Waals surface area (Å²) in [5.74, 6) is 0. The fourth-order valence-corrected chi connectivity index (χ4v) is 4.40. The Bertz CT molecular complexity index is 924. The molecule has 7 heteroatoms. The van der Waals surface area contributed by atoms with E-state index in [1.165, 1.54) is 5.69 Å². The minimum absolute atomic E-state index is 0.168. The molecule has 29 heavy (non-hydrogen) atoms. The van der Waals surface area contributed by atoms with E-state index in [0.29, 0.717) is 13.1 Å². The van der Waals surface area contributed by atoms with Crippen molar-refractivity contribution in [3.8, 4) is 11.1 Å². The quantitative estimate of drug-likeness (QED) is 0.785. The van der Waals surface area contributed by atoms with Crippen LogP contribution in [0.15, 0.2) is 24.4 Å². The molecular formula is C22H31N5O2. The highest BCUT2D eigenvalue weighted by Crippen LogP contribution is 2.48. The first-order chi connectivity index (χ1) is 13.7. The predicted molar refractivity (Wildman–Crippen MR) is 115 cm³/mol. The number of aromatic nitrogens is 2. The summed E-state index contributed by atoms with van der Waals surface area (Å²) in [4.78, 5) is 16.4. The maximum absolute atomic E-state index is 12.3. The van der Waals surface area contributed by atoms with Gasteiger partial charge in [0.25, 0.3) is 0 Å². The zero-order valence-electron chi connectivity index (χ0n) is 18.0. The third-order valence-electron chi connectivity index (χ3n) is 5.75. The average Bonchev–Trinajstić information content (AvgIpc) is 3.00. The fourth-order valence-electron chi connectivity index (χ4n) is 4.40. The number of hydrogen-bond donors (Lipinski definition) is 1. The number of nitrogens with two attached hydrogens (primary N) is 1. The van der Waals surface area contributed by atoms with Crippen LogP contribution >= 0.6 is 0 Å². The van der Waals surface area contributed by atoms with Crippen molar-refractivity contribution in [2.24, 2.45) is 0 Å². The molecule has 2 aliphatic heterocycles. The molecule has 0 saturated carbocycles. The second-order valence-electron chi connectivity index (χ2n) is 9.09. The average molecular weight is 398 g/mol. The van der Waals surface area contributed by atoms with Crippen LogP contribution in [-0.2, 0) is 4.74 Å². The van der Waals surface area contributed by atoms with Crippen molar-refractivity contribution >= 4 is 17.5 Å². The Kier molecular flexibility index (Phi) is 4.71. The first kappa shape index (κ1) is 19.6. The molecule has 156 valence electrons. The molecule has 0 aliphatic carbocycles. The molecule has 4 rings (SSSR count). The standard InChI is InChI=1S/C22H31N5O2/c1-6-8-18-20-16(15-9-7-10-17(23)19(15)25(18)5)11-24-27(20)14-12-26(13-14)21(28)29-22(2,3)4/h7,9-11,14,18H,6,8,12-13,23H2,1-5H3. The summed E-state index contributed by atoms with van der Waals surface area (Å²) in [7, 11) is 2.11. The van der Waals surface area contributed by atoms with Crippen molar-refractivity contribution in [3.05, 3.63) is 30.1 Å². The Morgan fingerprint density at radius 2 is 2.00 bits per heavy atom. The second-order valence-corrected chi connectivity index (χ2v) is 9.09. The van der Waals surface area contributed by atoms with Crippen molar-refractivity contribution in [2.75, 3.05) is 30.8 Å². The van der Waals surface area contributed by atoms with Gasteiger partial charge in [-0.2, -0.15) is 5.10 Å². The van der Waals surface area contributed by atoms with Crippen LogP contribution in [0, 0.1) is 0 Å². The van der Waals surface area contributed by atoms with Gasteiger partial charge in [0.15, 0.2) is 0 Å². The first-order valence-electron chi connectivity index (χ1n) is 10.4. The summed E-state index contributed by atoms with van der Waals surface area (Å²) in [6.45, 7) is 9.11. The molecule has 1 fully saturated rings. The van der Waals surface area contributed by atoms with Crippen LogP contribution in [-0.4, -0.2) is 46.5 Å². The summed E-state index contributed by atoms with van der Waals surface area (Å²) < 4.78 is 7.62. The van der Waals surface area contributed by atoms with Crippen LogP contribution in [0.25, 0.3) is 11.1 Å². The highest BCUT2D eigenvalue weighted by atomic mass is 16.6. The number of carbonyl (C=O) groups excluding carboxylic acids is 1. The highest BCUT2D eigenvalue weighted by molar-refractivity contribution is 5.90. The third kappa shape index (κ3) is 3.32. The van der Waals surface area contributed by atoms with Crippen molar-refractivity contribution < 1.29 is 9.53 Å². The minimum Gasteiger partial charge on any atom is -0.444 e. The Balaban J connectivity index is 1.64. The SMILES string of the molecule is CCCC1c2c(cnn2C2CN(C(=O)OC(C)(C)C)C2)-c2cccc(N)c2N1C. The van der Waals surface area contributed by atoms with E-state index in [1.807, 2.05) is 39.1 Å². The number of benzene rings is 1. The number of amides is 1. The largest absolute Gasteiger partial charge is 0.444 e. The molecule has 0 bridgehead atoms. The lowest BCUT2D eigenvalue weighted by atomic mass is 9.90. The maximum atomic E-state index is 12.3. The Morgan fingerprint density at radius 3 is 2.66 bits per heavy atom. The molecule has 7 nitrogen and oxygen atoms in total. The van der Waals surface area contributed by atoms with Gasteiger partial charge in [-0.25, -0.2) is 4.79 Å². The van der Waals surface area contributed by atoms with E-state index in [9.17, 15) is 4.79 Å². The zero-order chi connectivity index (χ0) is 20.9. The number of rotatable bonds is 3. The van der Waals surface area contributed by atoms with E-state index in [2.05, 4.69) is 29.6 Å². The summed E-state index contributed by atoms with van der Waals surface area (Å²) in [6, 6.07) is 6.45. The van der Waals surface area contributed by atoms with Gasteiger partial charge in [-0.3, -0.25) is 4.68 Å². The number of nitrogens with zero attached hydrogens (tertiary/aromatic N) is 4. The smallest absolute Gasteiger partial charge is 0.410 e. The van der Waals surface area contributed by atoms with Gasteiger partial charge >= 0.3 is 6.09 Å². The minimum atomic E-state index is -0.481. The molecule has 1 unspecified atom stereocenters. The van der Waals surface area contributed by atoms with E-state index < -0.39 is 5.60 Å². The van der Waals surface area contributed by atoms with E-state index in [0.717, 1.165) is 35.3 Å². The van der Waals surface area contributed by atoms with Gasteiger partial charge in [0, 0.05) is 31.3 Å². The summed E-state index contributed by atoms with van der Waals surface area (Å²) in [5, 5.41) is 4.75. The second kappa shape index (κ2) is 6.97. The fraction of sp³-hybridized carbons (Fsp3) is 0.545. The molecule has 1 amide bonds. The van der Waals surface area contributed by atoms with Gasteiger partial charge in [-0.05, 0) is 33.3 Å². The lowest BCUT2D eigenvalue weighted by Crippen LogP contribution is -2.53. The zero-order valence-corrected chi connectivity index (χ0v) is 18.0. The lowest BCUT2D eigenvalue weighted by molar-refractivity contribution is -0.000897. The number of nitrogen functional groups attached to an aromatic ring is 1.